The monoisotopic (exact) mass is 289 g/mol. The third kappa shape index (κ3) is 3.26. The number of hydrogen-bond donors (Lipinski definition) is 2. The number of ether oxygens (including phenoxy) is 1. The van der Waals surface area contributed by atoms with Crippen LogP contribution in [0, 0.1) is 17.2 Å². The predicted octanol–water partition coefficient (Wildman–Crippen LogP) is 1.16. The summed E-state index contributed by atoms with van der Waals surface area (Å²) in [5.41, 5.74) is 6.09. The number of benzene rings is 1. The summed E-state index contributed by atoms with van der Waals surface area (Å²) in [6, 6.07) is 6.76. The van der Waals surface area contributed by atoms with E-state index in [4.69, 9.17) is 10.5 Å². The maximum absolute atomic E-state index is 11.2. The highest BCUT2D eigenvalue weighted by atomic mass is 16.5. The van der Waals surface area contributed by atoms with E-state index in [1.165, 1.54) is 13.2 Å². The first-order valence-corrected chi connectivity index (χ1v) is 6.86. The van der Waals surface area contributed by atoms with Crippen LogP contribution in [0.15, 0.2) is 18.2 Å². The molecule has 2 rings (SSSR count). The second-order valence-corrected chi connectivity index (χ2v) is 5.18. The van der Waals surface area contributed by atoms with Gasteiger partial charge in [0.2, 0.25) is 5.91 Å². The van der Waals surface area contributed by atoms with Gasteiger partial charge in [-0.1, -0.05) is 6.07 Å². The fourth-order valence-electron chi connectivity index (χ4n) is 2.67. The molecule has 1 heterocycles. The van der Waals surface area contributed by atoms with E-state index in [9.17, 15) is 15.2 Å². The van der Waals surface area contributed by atoms with Crippen molar-refractivity contribution >= 4 is 5.91 Å². The van der Waals surface area contributed by atoms with Crippen LogP contribution in [0.3, 0.4) is 0 Å². The summed E-state index contributed by atoms with van der Waals surface area (Å²) in [6.07, 6.45) is 1.34. The van der Waals surface area contributed by atoms with Crippen LogP contribution in [0.5, 0.6) is 11.5 Å². The number of carbonyl (C=O) groups excluding carboxylic acids is 1. The molecule has 0 saturated carbocycles. The number of phenolic OH excluding ortho intramolecular Hbond substituents is 1. The van der Waals surface area contributed by atoms with Gasteiger partial charge >= 0.3 is 0 Å². The lowest BCUT2D eigenvalue weighted by atomic mass is 9.94. The van der Waals surface area contributed by atoms with Gasteiger partial charge in [0.1, 0.15) is 6.04 Å². The first kappa shape index (κ1) is 15.1. The third-order valence-corrected chi connectivity index (χ3v) is 3.94. The van der Waals surface area contributed by atoms with Crippen LogP contribution < -0.4 is 10.5 Å². The minimum atomic E-state index is -0.423. The van der Waals surface area contributed by atoms with E-state index in [-0.39, 0.29) is 17.6 Å². The van der Waals surface area contributed by atoms with Gasteiger partial charge in [0.15, 0.2) is 11.5 Å². The smallest absolute Gasteiger partial charge is 0.220 e. The molecule has 1 atom stereocenters. The van der Waals surface area contributed by atoms with E-state index in [2.05, 4.69) is 6.07 Å². The van der Waals surface area contributed by atoms with Gasteiger partial charge in [0.25, 0.3) is 0 Å². The summed E-state index contributed by atoms with van der Waals surface area (Å²) < 4.78 is 5.08. The van der Waals surface area contributed by atoms with Crippen molar-refractivity contribution in [2.75, 3.05) is 20.2 Å². The number of nitrogens with two attached hydrogens (primary N) is 1. The molecule has 1 amide bonds. The van der Waals surface area contributed by atoms with E-state index < -0.39 is 6.04 Å². The van der Waals surface area contributed by atoms with E-state index in [0.717, 1.165) is 5.56 Å². The fourth-order valence-corrected chi connectivity index (χ4v) is 2.67. The Kier molecular flexibility index (Phi) is 4.66. The molecule has 6 heteroatoms. The van der Waals surface area contributed by atoms with Crippen molar-refractivity contribution in [2.45, 2.75) is 18.9 Å². The zero-order valence-corrected chi connectivity index (χ0v) is 12.0. The Labute approximate surface area is 123 Å². The number of methoxy groups -OCH3 is 1. The number of nitriles is 1. The summed E-state index contributed by atoms with van der Waals surface area (Å²) >= 11 is 0. The number of aromatic hydroxyl groups is 1. The van der Waals surface area contributed by atoms with Gasteiger partial charge in [-0.3, -0.25) is 9.69 Å². The Morgan fingerprint density at radius 3 is 2.71 bits per heavy atom. The molecular formula is C15H19N3O3. The first-order valence-electron chi connectivity index (χ1n) is 6.86. The number of likely N-dealkylation sites (tertiary alicyclic amines) is 1. The standard InChI is InChI=1S/C15H19N3O3/c1-21-14-8-11(2-3-13(14)19)12(9-16)18-6-4-10(5-7-18)15(17)20/h2-3,8,10,12,19H,4-7H2,1H3,(H2,17,20). The molecule has 1 aromatic rings. The molecule has 1 aromatic carbocycles. The lowest BCUT2D eigenvalue weighted by Gasteiger charge is -2.33. The average molecular weight is 289 g/mol. The molecule has 1 unspecified atom stereocenters. The van der Waals surface area contributed by atoms with E-state index in [0.29, 0.717) is 31.7 Å². The molecule has 0 radical (unpaired) electrons. The number of rotatable bonds is 4. The van der Waals surface area contributed by atoms with Crippen LogP contribution in [-0.4, -0.2) is 36.1 Å². The molecule has 1 aliphatic heterocycles. The molecule has 112 valence electrons. The number of amides is 1. The van der Waals surface area contributed by atoms with E-state index in [1.54, 1.807) is 12.1 Å². The lowest BCUT2D eigenvalue weighted by Crippen LogP contribution is -2.40. The molecule has 1 fully saturated rings. The third-order valence-electron chi connectivity index (χ3n) is 3.94. The zero-order chi connectivity index (χ0) is 15.4. The summed E-state index contributed by atoms with van der Waals surface area (Å²) in [5, 5.41) is 19.1. The van der Waals surface area contributed by atoms with Crippen molar-refractivity contribution in [2.24, 2.45) is 11.7 Å². The van der Waals surface area contributed by atoms with Crippen LogP contribution in [-0.2, 0) is 4.79 Å². The number of primary amides is 1. The van der Waals surface area contributed by atoms with Crippen molar-refractivity contribution in [1.29, 1.82) is 5.26 Å². The zero-order valence-electron chi connectivity index (χ0n) is 12.0. The normalized spacial score (nSPS) is 17.9. The van der Waals surface area contributed by atoms with Gasteiger partial charge in [0.05, 0.1) is 13.2 Å². The molecule has 0 aromatic heterocycles. The molecule has 6 nitrogen and oxygen atoms in total. The number of hydrogen-bond acceptors (Lipinski definition) is 5. The Morgan fingerprint density at radius 1 is 1.52 bits per heavy atom. The quantitative estimate of drug-likeness (QED) is 0.866. The summed E-state index contributed by atoms with van der Waals surface area (Å²) in [7, 11) is 1.47. The minimum absolute atomic E-state index is 0.0466. The van der Waals surface area contributed by atoms with Gasteiger partial charge in [-0.25, -0.2) is 0 Å². The summed E-state index contributed by atoms with van der Waals surface area (Å²) in [6.45, 7) is 1.30. The first-order chi connectivity index (χ1) is 10.1. The number of carbonyl (C=O) groups is 1. The fraction of sp³-hybridized carbons (Fsp3) is 0.467. The molecule has 0 bridgehead atoms. The van der Waals surface area contributed by atoms with Crippen LogP contribution in [0.2, 0.25) is 0 Å². The van der Waals surface area contributed by atoms with Crippen LogP contribution >= 0.6 is 0 Å². The number of nitrogens with zero attached hydrogens (tertiary/aromatic N) is 2. The van der Waals surface area contributed by atoms with Gasteiger partial charge < -0.3 is 15.6 Å². The molecule has 1 saturated heterocycles. The van der Waals surface area contributed by atoms with Gasteiger partial charge in [-0.2, -0.15) is 5.26 Å². The second kappa shape index (κ2) is 6.46. The Hall–Kier alpha value is -2.26. The highest BCUT2D eigenvalue weighted by Gasteiger charge is 2.28. The van der Waals surface area contributed by atoms with E-state index in [1.807, 2.05) is 4.90 Å². The molecule has 21 heavy (non-hydrogen) atoms. The molecular weight excluding hydrogens is 270 g/mol. The highest BCUT2D eigenvalue weighted by molar-refractivity contribution is 5.76. The molecule has 3 N–H and O–H groups in total. The maximum Gasteiger partial charge on any atom is 0.220 e. The van der Waals surface area contributed by atoms with Crippen LogP contribution in [0.1, 0.15) is 24.4 Å². The van der Waals surface area contributed by atoms with Gasteiger partial charge in [-0.05, 0) is 30.5 Å². The summed E-state index contributed by atoms with van der Waals surface area (Å²) in [5.74, 6) is 0.0227. The van der Waals surface area contributed by atoms with Crippen LogP contribution in [0.25, 0.3) is 0 Å². The van der Waals surface area contributed by atoms with Crippen molar-refractivity contribution in [3.63, 3.8) is 0 Å². The second-order valence-electron chi connectivity index (χ2n) is 5.18. The number of phenols is 1. The molecule has 1 aliphatic rings. The Morgan fingerprint density at radius 2 is 2.19 bits per heavy atom. The van der Waals surface area contributed by atoms with Crippen molar-refractivity contribution in [3.8, 4) is 17.6 Å². The maximum atomic E-state index is 11.2. The van der Waals surface area contributed by atoms with Crippen molar-refractivity contribution in [3.05, 3.63) is 23.8 Å². The minimum Gasteiger partial charge on any atom is -0.504 e. The average Bonchev–Trinajstić information content (AvgIpc) is 2.50. The van der Waals surface area contributed by atoms with Crippen molar-refractivity contribution in [1.82, 2.24) is 4.90 Å². The summed E-state index contributed by atoms with van der Waals surface area (Å²) in [4.78, 5) is 13.2. The topological polar surface area (TPSA) is 99.6 Å². The number of piperidine rings is 1. The van der Waals surface area contributed by atoms with Crippen molar-refractivity contribution < 1.29 is 14.6 Å². The molecule has 0 spiro atoms. The van der Waals surface area contributed by atoms with E-state index >= 15 is 0 Å². The largest absolute Gasteiger partial charge is 0.504 e. The predicted molar refractivity (Wildman–Crippen MR) is 76.5 cm³/mol. The lowest BCUT2D eigenvalue weighted by molar-refractivity contribution is -0.123. The van der Waals surface area contributed by atoms with Gasteiger partial charge in [-0.15, -0.1) is 0 Å². The van der Waals surface area contributed by atoms with Crippen LogP contribution in [0.4, 0.5) is 0 Å². The molecule has 0 aliphatic carbocycles. The highest BCUT2D eigenvalue weighted by Crippen LogP contribution is 2.32. The Bertz CT molecular complexity index is 560. The Balaban J connectivity index is 2.14. The van der Waals surface area contributed by atoms with Gasteiger partial charge in [0, 0.05) is 19.0 Å². The SMILES string of the molecule is COc1cc(C(C#N)N2CCC(C(N)=O)CC2)ccc1O.